The van der Waals surface area contributed by atoms with Gasteiger partial charge in [-0.3, -0.25) is 4.79 Å². The number of piperazine rings is 1. The molecule has 2 aliphatic rings. The summed E-state index contributed by atoms with van der Waals surface area (Å²) in [7, 11) is 0. The zero-order valence-corrected chi connectivity index (χ0v) is 23.6. The summed E-state index contributed by atoms with van der Waals surface area (Å²) in [6.45, 7) is 10.5. The second-order valence-corrected chi connectivity index (χ2v) is 11.9. The van der Waals surface area contributed by atoms with Crippen molar-refractivity contribution < 1.29 is 14.3 Å². The van der Waals surface area contributed by atoms with E-state index in [2.05, 4.69) is 20.1 Å². The van der Waals surface area contributed by atoms with E-state index in [4.69, 9.17) is 10.5 Å². The molecule has 0 unspecified atom stereocenters. The SMILES string of the molecule is CC(C)(C)OC(=O)N1CCN(c2ccc(Nc3nc(N)c(C(=O)c4ccc(N5CCCC5)cc4)s3)cc2)CC1. The Hall–Kier alpha value is -3.79. The minimum absolute atomic E-state index is 0.119. The number of hydrogen-bond donors (Lipinski definition) is 2. The number of aromatic nitrogens is 1. The normalized spacial score (nSPS) is 15.9. The number of hydrogen-bond acceptors (Lipinski definition) is 9. The summed E-state index contributed by atoms with van der Waals surface area (Å²) >= 11 is 1.26. The standard InChI is InChI=1S/C29H36N6O3S/c1-29(2,3)38-28(37)35-18-16-34(17-19-35)23-12-8-21(9-13-23)31-27-32-26(30)25(39-27)24(36)20-6-10-22(11-7-20)33-14-4-5-15-33/h6-13H,4-5,14-19,30H2,1-3H3,(H,31,32). The molecule has 3 aromatic rings. The highest BCUT2D eigenvalue weighted by Gasteiger charge is 2.26. The number of nitrogen functional groups attached to an aromatic ring is 1. The van der Waals surface area contributed by atoms with Gasteiger partial charge in [0.25, 0.3) is 0 Å². The van der Waals surface area contributed by atoms with Gasteiger partial charge in [-0.15, -0.1) is 0 Å². The molecule has 3 N–H and O–H groups in total. The topological polar surface area (TPSA) is 104 Å². The smallest absolute Gasteiger partial charge is 0.410 e. The summed E-state index contributed by atoms with van der Waals surface area (Å²) in [6, 6.07) is 15.8. The van der Waals surface area contributed by atoms with Crippen molar-refractivity contribution in [2.24, 2.45) is 0 Å². The van der Waals surface area contributed by atoms with Crippen LogP contribution >= 0.6 is 11.3 Å². The minimum Gasteiger partial charge on any atom is -0.444 e. The van der Waals surface area contributed by atoms with Crippen LogP contribution in [0, 0.1) is 0 Å². The summed E-state index contributed by atoms with van der Waals surface area (Å²) in [6.07, 6.45) is 2.16. The minimum atomic E-state index is -0.494. The zero-order chi connectivity index (χ0) is 27.6. The van der Waals surface area contributed by atoms with Crippen LogP contribution in [0.3, 0.4) is 0 Å². The molecule has 2 saturated heterocycles. The summed E-state index contributed by atoms with van der Waals surface area (Å²) in [5.74, 6) is 0.113. The van der Waals surface area contributed by atoms with E-state index >= 15 is 0 Å². The van der Waals surface area contributed by atoms with E-state index in [1.807, 2.05) is 69.3 Å². The molecule has 2 fully saturated rings. The van der Waals surface area contributed by atoms with Crippen LogP contribution in [-0.4, -0.2) is 66.6 Å². The van der Waals surface area contributed by atoms with Crippen LogP contribution in [0.15, 0.2) is 48.5 Å². The number of ketones is 1. The molecule has 5 rings (SSSR count). The third kappa shape index (κ3) is 6.44. The molecule has 39 heavy (non-hydrogen) atoms. The molecule has 9 nitrogen and oxygen atoms in total. The predicted molar refractivity (Wildman–Crippen MR) is 158 cm³/mol. The Morgan fingerprint density at radius 2 is 1.44 bits per heavy atom. The molecule has 0 aliphatic carbocycles. The van der Waals surface area contributed by atoms with Crippen LogP contribution in [0.5, 0.6) is 0 Å². The molecule has 1 amide bonds. The number of rotatable bonds is 6. The van der Waals surface area contributed by atoms with Gasteiger partial charge in [0.05, 0.1) is 0 Å². The van der Waals surface area contributed by atoms with Crippen LogP contribution in [0.25, 0.3) is 0 Å². The number of benzene rings is 2. The number of nitrogens with two attached hydrogens (primary N) is 1. The van der Waals surface area contributed by atoms with E-state index in [1.165, 1.54) is 24.2 Å². The Balaban J connectivity index is 1.17. The highest BCUT2D eigenvalue weighted by Crippen LogP contribution is 2.31. The van der Waals surface area contributed by atoms with E-state index in [9.17, 15) is 9.59 Å². The lowest BCUT2D eigenvalue weighted by Gasteiger charge is -2.36. The molecular formula is C29H36N6O3S. The van der Waals surface area contributed by atoms with Crippen molar-refractivity contribution in [3.8, 4) is 0 Å². The van der Waals surface area contributed by atoms with Crippen LogP contribution in [-0.2, 0) is 4.74 Å². The lowest BCUT2D eigenvalue weighted by atomic mass is 10.1. The van der Waals surface area contributed by atoms with Crippen LogP contribution in [0.1, 0.15) is 48.8 Å². The van der Waals surface area contributed by atoms with Crippen LogP contribution in [0.4, 0.5) is 32.8 Å². The van der Waals surface area contributed by atoms with Crippen LogP contribution in [0.2, 0.25) is 0 Å². The lowest BCUT2D eigenvalue weighted by molar-refractivity contribution is 0.0240. The van der Waals surface area contributed by atoms with Crippen molar-refractivity contribution in [3.05, 3.63) is 59.0 Å². The molecule has 0 saturated carbocycles. The largest absolute Gasteiger partial charge is 0.444 e. The summed E-state index contributed by atoms with van der Waals surface area (Å²) in [4.78, 5) is 36.6. The third-order valence-corrected chi connectivity index (χ3v) is 7.86. The highest BCUT2D eigenvalue weighted by atomic mass is 32.1. The fraction of sp³-hybridized carbons (Fsp3) is 0.414. The summed E-state index contributed by atoms with van der Waals surface area (Å²) in [5, 5.41) is 3.84. The fourth-order valence-corrected chi connectivity index (χ4v) is 5.70. The highest BCUT2D eigenvalue weighted by molar-refractivity contribution is 7.18. The van der Waals surface area contributed by atoms with Crippen molar-refractivity contribution in [2.75, 3.05) is 60.1 Å². The Labute approximate surface area is 233 Å². The van der Waals surface area contributed by atoms with Gasteiger partial charge in [-0.25, -0.2) is 9.78 Å². The molecular weight excluding hydrogens is 512 g/mol. The van der Waals surface area contributed by atoms with E-state index < -0.39 is 5.60 Å². The quantitative estimate of drug-likeness (QED) is 0.397. The first-order valence-electron chi connectivity index (χ1n) is 13.4. The number of amides is 1. The van der Waals surface area contributed by atoms with Gasteiger partial charge in [0, 0.05) is 61.9 Å². The molecule has 0 radical (unpaired) electrons. The van der Waals surface area contributed by atoms with Gasteiger partial charge >= 0.3 is 6.09 Å². The molecule has 3 heterocycles. The monoisotopic (exact) mass is 548 g/mol. The van der Waals surface area contributed by atoms with E-state index in [1.54, 1.807) is 4.90 Å². The van der Waals surface area contributed by atoms with Gasteiger partial charge in [-0.1, -0.05) is 11.3 Å². The Bertz CT molecular complexity index is 1300. The molecule has 10 heteroatoms. The van der Waals surface area contributed by atoms with Gasteiger partial charge in [0.2, 0.25) is 5.78 Å². The maximum atomic E-state index is 13.1. The number of thiazole rings is 1. The number of nitrogens with zero attached hydrogens (tertiary/aromatic N) is 4. The number of ether oxygens (including phenoxy) is 1. The van der Waals surface area contributed by atoms with Gasteiger partial charge < -0.3 is 30.5 Å². The average molecular weight is 549 g/mol. The number of carbonyl (C=O) groups excluding carboxylic acids is 2. The molecule has 0 bridgehead atoms. The first kappa shape index (κ1) is 26.8. The summed E-state index contributed by atoms with van der Waals surface area (Å²) in [5.41, 5.74) is 9.34. The summed E-state index contributed by atoms with van der Waals surface area (Å²) < 4.78 is 5.49. The fourth-order valence-electron chi connectivity index (χ4n) is 4.83. The second kappa shape index (κ2) is 11.1. The van der Waals surface area contributed by atoms with Gasteiger partial charge in [0.1, 0.15) is 16.3 Å². The number of nitrogens with one attached hydrogen (secondary N) is 1. The van der Waals surface area contributed by atoms with Gasteiger partial charge in [0.15, 0.2) is 5.13 Å². The van der Waals surface area contributed by atoms with Crippen molar-refractivity contribution in [1.82, 2.24) is 9.88 Å². The second-order valence-electron chi connectivity index (χ2n) is 10.9. The van der Waals surface area contributed by atoms with Crippen molar-refractivity contribution in [1.29, 1.82) is 0 Å². The van der Waals surface area contributed by atoms with E-state index in [-0.39, 0.29) is 17.7 Å². The molecule has 1 aromatic heterocycles. The van der Waals surface area contributed by atoms with E-state index in [0.717, 1.165) is 43.2 Å². The predicted octanol–water partition coefficient (Wildman–Crippen LogP) is 5.36. The van der Waals surface area contributed by atoms with Crippen molar-refractivity contribution in [2.45, 2.75) is 39.2 Å². The molecule has 0 spiro atoms. The third-order valence-electron chi connectivity index (χ3n) is 6.88. The number of anilines is 5. The Morgan fingerprint density at radius 3 is 2.03 bits per heavy atom. The zero-order valence-electron chi connectivity index (χ0n) is 22.8. The first-order chi connectivity index (χ1) is 18.7. The van der Waals surface area contributed by atoms with Gasteiger partial charge in [-0.2, -0.15) is 0 Å². The molecule has 206 valence electrons. The first-order valence-corrected chi connectivity index (χ1v) is 14.2. The molecule has 0 atom stereocenters. The lowest BCUT2D eigenvalue weighted by Crippen LogP contribution is -2.50. The molecule has 2 aromatic carbocycles. The average Bonchev–Trinajstić information content (AvgIpc) is 3.58. The van der Waals surface area contributed by atoms with Crippen LogP contribution < -0.4 is 20.9 Å². The molecule has 2 aliphatic heterocycles. The van der Waals surface area contributed by atoms with Crippen molar-refractivity contribution >= 4 is 51.2 Å². The maximum absolute atomic E-state index is 13.1. The Morgan fingerprint density at radius 1 is 0.872 bits per heavy atom. The van der Waals surface area contributed by atoms with Gasteiger partial charge in [-0.05, 0) is 82.1 Å². The van der Waals surface area contributed by atoms with E-state index in [0.29, 0.717) is 28.7 Å². The maximum Gasteiger partial charge on any atom is 0.410 e. The Kier molecular flexibility index (Phi) is 7.65. The van der Waals surface area contributed by atoms with Crippen molar-refractivity contribution in [3.63, 3.8) is 0 Å². The number of carbonyl (C=O) groups is 2.